The van der Waals surface area contributed by atoms with Crippen LogP contribution in [0.2, 0.25) is 0 Å². The van der Waals surface area contributed by atoms with E-state index in [2.05, 4.69) is 20.6 Å². The highest BCUT2D eigenvalue weighted by Gasteiger charge is 2.41. The quantitative estimate of drug-likeness (QED) is 0.717. The lowest BCUT2D eigenvalue weighted by Crippen LogP contribution is -2.59. The second-order valence-electron chi connectivity index (χ2n) is 5.94. The number of nitrogens with zero attached hydrogens (tertiary/aromatic N) is 2. The Balaban J connectivity index is 2.14. The number of amides is 2. The van der Waals surface area contributed by atoms with Crippen molar-refractivity contribution in [3.63, 3.8) is 0 Å². The number of carbonyl (C=O) groups is 3. The summed E-state index contributed by atoms with van der Waals surface area (Å²) in [6, 6.07) is 0. The van der Waals surface area contributed by atoms with Crippen molar-refractivity contribution in [1.82, 2.24) is 20.6 Å². The fourth-order valence-corrected chi connectivity index (χ4v) is 2.81. The summed E-state index contributed by atoms with van der Waals surface area (Å²) in [5.74, 6) is -1.90. The van der Waals surface area contributed by atoms with Gasteiger partial charge in [-0.3, -0.25) is 9.59 Å². The molecule has 0 saturated heterocycles. The van der Waals surface area contributed by atoms with Crippen molar-refractivity contribution < 1.29 is 19.5 Å². The van der Waals surface area contributed by atoms with Crippen LogP contribution < -0.4 is 10.6 Å². The first-order valence-corrected chi connectivity index (χ1v) is 8.14. The molecule has 0 unspecified atom stereocenters. The lowest BCUT2D eigenvalue weighted by Gasteiger charge is -2.36. The van der Waals surface area contributed by atoms with E-state index in [1.54, 1.807) is 0 Å². The van der Waals surface area contributed by atoms with Crippen molar-refractivity contribution in [1.29, 1.82) is 0 Å². The molecular formula is C16H22N4O4. The van der Waals surface area contributed by atoms with Crippen LogP contribution in [-0.4, -0.2) is 44.9 Å². The van der Waals surface area contributed by atoms with E-state index >= 15 is 0 Å². The van der Waals surface area contributed by atoms with Crippen molar-refractivity contribution in [2.24, 2.45) is 0 Å². The number of aromatic carboxylic acids is 1. The van der Waals surface area contributed by atoms with Gasteiger partial charge in [0.25, 0.3) is 5.91 Å². The highest BCUT2D eigenvalue weighted by Crippen LogP contribution is 2.28. The van der Waals surface area contributed by atoms with E-state index in [1.807, 2.05) is 6.92 Å². The number of nitrogens with one attached hydrogen (secondary N) is 2. The topological polar surface area (TPSA) is 121 Å². The number of carboxylic acids is 1. The Morgan fingerprint density at radius 3 is 2.29 bits per heavy atom. The highest BCUT2D eigenvalue weighted by molar-refractivity contribution is 5.98. The molecule has 1 aromatic rings. The number of rotatable bonds is 6. The van der Waals surface area contributed by atoms with Crippen molar-refractivity contribution in [3.05, 3.63) is 23.8 Å². The first-order valence-electron chi connectivity index (χ1n) is 8.14. The predicted molar refractivity (Wildman–Crippen MR) is 85.6 cm³/mol. The van der Waals surface area contributed by atoms with Crippen LogP contribution in [-0.2, 0) is 4.79 Å². The van der Waals surface area contributed by atoms with Gasteiger partial charge in [-0.25, -0.2) is 14.8 Å². The largest absolute Gasteiger partial charge is 0.476 e. The van der Waals surface area contributed by atoms with Gasteiger partial charge >= 0.3 is 5.97 Å². The van der Waals surface area contributed by atoms with Gasteiger partial charge in [-0.15, -0.1) is 0 Å². The lowest BCUT2D eigenvalue weighted by atomic mass is 9.80. The van der Waals surface area contributed by atoms with E-state index in [4.69, 9.17) is 5.11 Å². The van der Waals surface area contributed by atoms with Gasteiger partial charge in [0, 0.05) is 6.54 Å². The Morgan fingerprint density at radius 1 is 1.12 bits per heavy atom. The average molecular weight is 334 g/mol. The molecule has 1 fully saturated rings. The summed E-state index contributed by atoms with van der Waals surface area (Å²) in [5, 5.41) is 14.5. The highest BCUT2D eigenvalue weighted by atomic mass is 16.4. The third kappa shape index (κ3) is 4.06. The van der Waals surface area contributed by atoms with E-state index in [9.17, 15) is 14.4 Å². The SMILES string of the molecule is CCCNC(=O)C1(NC(=O)c2cnc(C(=O)O)cn2)CCCCC1. The van der Waals surface area contributed by atoms with Crippen LogP contribution in [0.4, 0.5) is 0 Å². The third-order valence-electron chi connectivity index (χ3n) is 4.13. The Kier molecular flexibility index (Phi) is 5.83. The van der Waals surface area contributed by atoms with Gasteiger partial charge in [-0.1, -0.05) is 26.2 Å². The van der Waals surface area contributed by atoms with Gasteiger partial charge in [-0.05, 0) is 19.3 Å². The fraction of sp³-hybridized carbons (Fsp3) is 0.562. The molecule has 8 nitrogen and oxygen atoms in total. The Bertz CT molecular complexity index is 609. The van der Waals surface area contributed by atoms with Crippen LogP contribution in [0.25, 0.3) is 0 Å². The van der Waals surface area contributed by atoms with Gasteiger partial charge < -0.3 is 15.7 Å². The molecule has 8 heteroatoms. The number of carboxylic acid groups (broad SMARTS) is 1. The van der Waals surface area contributed by atoms with Crippen LogP contribution in [0.3, 0.4) is 0 Å². The molecular weight excluding hydrogens is 312 g/mol. The van der Waals surface area contributed by atoms with Crippen molar-refractivity contribution in [2.45, 2.75) is 51.0 Å². The van der Waals surface area contributed by atoms with E-state index < -0.39 is 17.4 Å². The molecule has 1 aliphatic rings. The summed E-state index contributed by atoms with van der Waals surface area (Å²) in [6.45, 7) is 2.52. The van der Waals surface area contributed by atoms with E-state index in [0.29, 0.717) is 19.4 Å². The van der Waals surface area contributed by atoms with Crippen LogP contribution >= 0.6 is 0 Å². The molecule has 2 rings (SSSR count). The van der Waals surface area contributed by atoms with Crippen molar-refractivity contribution >= 4 is 17.8 Å². The maximum absolute atomic E-state index is 12.5. The number of carbonyl (C=O) groups excluding carboxylic acids is 2. The van der Waals surface area contributed by atoms with Crippen LogP contribution in [0.1, 0.15) is 66.4 Å². The molecule has 0 atom stereocenters. The normalized spacial score (nSPS) is 16.2. The summed E-state index contributed by atoms with van der Waals surface area (Å²) in [6.07, 6.45) is 6.88. The van der Waals surface area contributed by atoms with Gasteiger partial charge in [-0.2, -0.15) is 0 Å². The molecule has 0 bridgehead atoms. The second kappa shape index (κ2) is 7.85. The Hall–Kier alpha value is -2.51. The molecule has 0 spiro atoms. The van der Waals surface area contributed by atoms with E-state index in [1.165, 1.54) is 0 Å². The third-order valence-corrected chi connectivity index (χ3v) is 4.13. The Labute approximate surface area is 140 Å². The molecule has 0 aromatic carbocycles. The average Bonchev–Trinajstić information content (AvgIpc) is 2.60. The molecule has 1 saturated carbocycles. The summed E-state index contributed by atoms with van der Waals surface area (Å²) in [7, 11) is 0. The Morgan fingerprint density at radius 2 is 1.75 bits per heavy atom. The zero-order valence-electron chi connectivity index (χ0n) is 13.7. The van der Waals surface area contributed by atoms with Gasteiger partial charge in [0.2, 0.25) is 5.91 Å². The molecule has 1 heterocycles. The predicted octanol–water partition coefficient (Wildman–Crippen LogP) is 1.13. The number of hydrogen-bond donors (Lipinski definition) is 3. The first kappa shape index (κ1) is 17.8. The zero-order valence-corrected chi connectivity index (χ0v) is 13.7. The summed E-state index contributed by atoms with van der Waals surface area (Å²) in [5.41, 5.74) is -1.18. The van der Waals surface area contributed by atoms with E-state index in [0.717, 1.165) is 38.1 Å². The summed E-state index contributed by atoms with van der Waals surface area (Å²) >= 11 is 0. The molecule has 1 aromatic heterocycles. The molecule has 130 valence electrons. The van der Waals surface area contributed by atoms with Crippen LogP contribution in [0.15, 0.2) is 12.4 Å². The minimum atomic E-state index is -1.21. The smallest absolute Gasteiger partial charge is 0.356 e. The minimum Gasteiger partial charge on any atom is -0.476 e. The molecule has 0 radical (unpaired) electrons. The fourth-order valence-electron chi connectivity index (χ4n) is 2.81. The standard InChI is InChI=1S/C16H22N4O4/c1-2-8-17-15(24)16(6-4-3-5-7-16)20-13(21)11-9-19-12(10-18-11)14(22)23/h9-10H,2-8H2,1H3,(H,17,24)(H,20,21)(H,22,23). The molecule has 2 amide bonds. The van der Waals surface area contributed by atoms with Crippen molar-refractivity contribution in [3.8, 4) is 0 Å². The molecule has 1 aliphatic carbocycles. The molecule has 24 heavy (non-hydrogen) atoms. The van der Waals surface area contributed by atoms with Crippen LogP contribution in [0.5, 0.6) is 0 Å². The van der Waals surface area contributed by atoms with E-state index in [-0.39, 0.29) is 17.3 Å². The van der Waals surface area contributed by atoms with Crippen LogP contribution in [0, 0.1) is 0 Å². The second-order valence-corrected chi connectivity index (χ2v) is 5.94. The van der Waals surface area contributed by atoms with Gasteiger partial charge in [0.05, 0.1) is 12.4 Å². The maximum Gasteiger partial charge on any atom is 0.356 e. The first-order chi connectivity index (χ1) is 11.5. The lowest BCUT2D eigenvalue weighted by molar-refractivity contribution is -0.128. The van der Waals surface area contributed by atoms with Crippen molar-refractivity contribution in [2.75, 3.05) is 6.54 Å². The summed E-state index contributed by atoms with van der Waals surface area (Å²) < 4.78 is 0. The van der Waals surface area contributed by atoms with Gasteiger partial charge in [0.15, 0.2) is 5.69 Å². The molecule has 0 aliphatic heterocycles. The number of hydrogen-bond acceptors (Lipinski definition) is 5. The summed E-state index contributed by atoms with van der Waals surface area (Å²) in [4.78, 5) is 43.3. The maximum atomic E-state index is 12.5. The minimum absolute atomic E-state index is 0.00626. The monoisotopic (exact) mass is 334 g/mol. The number of aromatic nitrogens is 2. The van der Waals surface area contributed by atoms with Gasteiger partial charge in [0.1, 0.15) is 11.2 Å². The zero-order chi connectivity index (χ0) is 17.6. The molecule has 3 N–H and O–H groups in total.